The summed E-state index contributed by atoms with van der Waals surface area (Å²) in [6.07, 6.45) is 0. The fourth-order valence-corrected chi connectivity index (χ4v) is 2.85. The number of nitrogens with one attached hydrogen (secondary N) is 1. The summed E-state index contributed by atoms with van der Waals surface area (Å²) in [7, 11) is 0. The second-order valence-electron chi connectivity index (χ2n) is 6.00. The van der Waals surface area contributed by atoms with Gasteiger partial charge in [0.25, 0.3) is 0 Å². The molecule has 3 rings (SSSR count). The first-order valence-electron chi connectivity index (χ1n) is 8.53. The molecule has 2 aromatic carbocycles. The quantitative estimate of drug-likeness (QED) is 0.480. The number of hydrogen-bond acceptors (Lipinski definition) is 6. The molecule has 140 valence electrons. The summed E-state index contributed by atoms with van der Waals surface area (Å²) in [6, 6.07) is 14.8. The van der Waals surface area contributed by atoms with E-state index in [1.54, 1.807) is 24.3 Å². The molecule has 7 nitrogen and oxygen atoms in total. The number of nitrogen functional groups attached to an aromatic ring is 1. The molecule has 0 spiro atoms. The van der Waals surface area contributed by atoms with Gasteiger partial charge in [0.05, 0.1) is 12.3 Å². The van der Waals surface area contributed by atoms with Gasteiger partial charge in [0.2, 0.25) is 10.7 Å². The molecule has 3 N–H and O–H groups in total. The lowest BCUT2D eigenvalue weighted by atomic mass is 10.1. The molecule has 0 amide bonds. The number of carbonyl (C=O) groups excluding carboxylic acids is 1. The predicted octanol–water partition coefficient (Wildman–Crippen LogP) is 3.46. The second-order valence-corrected chi connectivity index (χ2v) is 6.36. The Balaban J connectivity index is 1.77. The van der Waals surface area contributed by atoms with E-state index in [1.807, 2.05) is 38.1 Å². The van der Waals surface area contributed by atoms with E-state index >= 15 is 0 Å². The van der Waals surface area contributed by atoms with Crippen molar-refractivity contribution in [2.24, 2.45) is 0 Å². The number of nitrogens with two attached hydrogens (primary N) is 1. The largest absolute Gasteiger partial charge is 0.494 e. The Hall–Kier alpha value is -3.13. The molecule has 0 aliphatic rings. The summed E-state index contributed by atoms with van der Waals surface area (Å²) in [6.45, 7) is 4.48. The molecule has 0 aliphatic heterocycles. The molecule has 0 aliphatic carbocycles. The molecular formula is C19H21N5O2S. The van der Waals surface area contributed by atoms with Crippen molar-refractivity contribution >= 4 is 29.6 Å². The van der Waals surface area contributed by atoms with Crippen LogP contribution in [0, 0.1) is 11.7 Å². The van der Waals surface area contributed by atoms with Gasteiger partial charge in [-0.15, -0.1) is 5.10 Å². The van der Waals surface area contributed by atoms with Gasteiger partial charge in [0, 0.05) is 5.56 Å². The van der Waals surface area contributed by atoms with Gasteiger partial charge < -0.3 is 10.5 Å². The van der Waals surface area contributed by atoms with Gasteiger partial charge in [-0.3, -0.25) is 10.2 Å². The van der Waals surface area contributed by atoms with Crippen molar-refractivity contribution in [3.8, 4) is 5.75 Å². The van der Waals surface area contributed by atoms with Gasteiger partial charge in [-0.1, -0.05) is 12.1 Å². The van der Waals surface area contributed by atoms with E-state index in [9.17, 15) is 4.79 Å². The van der Waals surface area contributed by atoms with Crippen molar-refractivity contribution in [1.82, 2.24) is 14.5 Å². The molecule has 27 heavy (non-hydrogen) atoms. The summed E-state index contributed by atoms with van der Waals surface area (Å²) in [5, 5.41) is 4.19. The highest BCUT2D eigenvalue weighted by Gasteiger charge is 2.13. The lowest BCUT2D eigenvalue weighted by molar-refractivity contribution is 0.0967. The summed E-state index contributed by atoms with van der Waals surface area (Å²) < 4.78 is 8.59. The standard InChI is InChI=1S/C19H21N5O2S/c1-3-26-16-9-7-14(8-10-16)17(25)12-23-19(27)24(18(20)22-23)21-15-6-4-5-13(2)11-15/h4-11,21H,3,12H2,1-2H3,(H2,20,22). The molecule has 0 saturated carbocycles. The first kappa shape index (κ1) is 18.7. The number of hydrogen-bond donors (Lipinski definition) is 2. The van der Waals surface area contributed by atoms with E-state index in [1.165, 1.54) is 9.36 Å². The molecule has 0 radical (unpaired) electrons. The predicted molar refractivity (Wildman–Crippen MR) is 108 cm³/mol. The van der Waals surface area contributed by atoms with Crippen molar-refractivity contribution in [1.29, 1.82) is 0 Å². The van der Waals surface area contributed by atoms with E-state index in [-0.39, 0.29) is 18.3 Å². The summed E-state index contributed by atoms with van der Waals surface area (Å²) in [4.78, 5) is 12.5. The number of anilines is 2. The van der Waals surface area contributed by atoms with Crippen molar-refractivity contribution in [3.63, 3.8) is 0 Å². The highest BCUT2D eigenvalue weighted by molar-refractivity contribution is 7.71. The number of Topliss-reactive ketones (excluding diaryl/α,β-unsaturated/α-hetero) is 1. The molecule has 3 aromatic rings. The molecule has 0 atom stereocenters. The third kappa shape index (κ3) is 4.35. The van der Waals surface area contributed by atoms with Crippen LogP contribution in [0.3, 0.4) is 0 Å². The first-order valence-corrected chi connectivity index (χ1v) is 8.94. The van der Waals surface area contributed by atoms with Gasteiger partial charge in [0.15, 0.2) is 5.78 Å². The van der Waals surface area contributed by atoms with Crippen LogP contribution in [0.2, 0.25) is 0 Å². The summed E-state index contributed by atoms with van der Waals surface area (Å²) in [5.74, 6) is 0.789. The maximum absolute atomic E-state index is 12.5. The highest BCUT2D eigenvalue weighted by atomic mass is 32.1. The van der Waals surface area contributed by atoms with Crippen molar-refractivity contribution in [2.45, 2.75) is 20.4 Å². The normalized spacial score (nSPS) is 10.6. The minimum atomic E-state index is -0.116. The number of rotatable bonds is 7. The molecule has 1 heterocycles. The zero-order chi connectivity index (χ0) is 19.4. The monoisotopic (exact) mass is 383 g/mol. The number of nitrogens with zero attached hydrogens (tertiary/aromatic N) is 3. The number of aromatic nitrogens is 3. The molecule has 0 saturated heterocycles. The number of benzene rings is 2. The SMILES string of the molecule is CCOc1ccc(C(=O)Cn2nc(N)n(Nc3cccc(C)c3)c2=S)cc1. The van der Waals surface area contributed by atoms with E-state index < -0.39 is 0 Å². The highest BCUT2D eigenvalue weighted by Crippen LogP contribution is 2.15. The fourth-order valence-electron chi connectivity index (χ4n) is 2.61. The van der Waals surface area contributed by atoms with Gasteiger partial charge in [-0.2, -0.15) is 4.68 Å². The minimum Gasteiger partial charge on any atom is -0.494 e. The van der Waals surface area contributed by atoms with Gasteiger partial charge in [-0.25, -0.2) is 4.68 Å². The minimum absolute atomic E-state index is 0.000484. The third-order valence-corrected chi connectivity index (χ3v) is 4.30. The van der Waals surface area contributed by atoms with E-state index in [4.69, 9.17) is 22.7 Å². The molecule has 1 aromatic heterocycles. The Morgan fingerprint density at radius 2 is 2.00 bits per heavy atom. The van der Waals surface area contributed by atoms with E-state index in [0.29, 0.717) is 16.9 Å². The molecule has 0 unspecified atom stereocenters. The van der Waals surface area contributed by atoms with Crippen LogP contribution in [0.1, 0.15) is 22.8 Å². The van der Waals surface area contributed by atoms with E-state index in [0.717, 1.165) is 17.0 Å². The molecule has 0 fully saturated rings. The zero-order valence-electron chi connectivity index (χ0n) is 15.2. The number of ether oxygens (including phenoxy) is 1. The van der Waals surface area contributed by atoms with Crippen LogP contribution in [-0.4, -0.2) is 26.8 Å². The van der Waals surface area contributed by atoms with Crippen LogP contribution in [0.5, 0.6) is 5.75 Å². The van der Waals surface area contributed by atoms with Crippen molar-refractivity contribution in [2.75, 3.05) is 17.8 Å². The average molecular weight is 383 g/mol. The van der Waals surface area contributed by atoms with Gasteiger partial charge >= 0.3 is 0 Å². The van der Waals surface area contributed by atoms with Crippen molar-refractivity contribution < 1.29 is 9.53 Å². The van der Waals surface area contributed by atoms with Crippen molar-refractivity contribution in [3.05, 3.63) is 64.4 Å². The maximum Gasteiger partial charge on any atom is 0.240 e. The third-order valence-electron chi connectivity index (χ3n) is 3.90. The summed E-state index contributed by atoms with van der Waals surface area (Å²) in [5.41, 5.74) is 11.6. The van der Waals surface area contributed by atoms with E-state index in [2.05, 4.69) is 10.5 Å². The topological polar surface area (TPSA) is 87.1 Å². The Morgan fingerprint density at radius 3 is 2.67 bits per heavy atom. The molecule has 0 bridgehead atoms. The first-order chi connectivity index (χ1) is 13.0. The van der Waals surface area contributed by atoms with Gasteiger partial charge in [0.1, 0.15) is 12.3 Å². The second kappa shape index (κ2) is 8.05. The maximum atomic E-state index is 12.5. The summed E-state index contributed by atoms with van der Waals surface area (Å²) >= 11 is 5.42. The van der Waals surface area contributed by atoms with Crippen LogP contribution >= 0.6 is 12.2 Å². The smallest absolute Gasteiger partial charge is 0.240 e. The lowest BCUT2D eigenvalue weighted by Gasteiger charge is -2.08. The average Bonchev–Trinajstić information content (AvgIpc) is 2.90. The fraction of sp³-hybridized carbons (Fsp3) is 0.211. The van der Waals surface area contributed by atoms with Crippen LogP contribution in [-0.2, 0) is 6.54 Å². The number of ketones is 1. The number of aryl methyl sites for hydroxylation is 1. The van der Waals surface area contributed by atoms with Crippen LogP contribution in [0.4, 0.5) is 11.6 Å². The van der Waals surface area contributed by atoms with Crippen LogP contribution < -0.4 is 15.9 Å². The van der Waals surface area contributed by atoms with Crippen LogP contribution in [0.25, 0.3) is 0 Å². The zero-order valence-corrected chi connectivity index (χ0v) is 16.0. The van der Waals surface area contributed by atoms with Gasteiger partial charge in [-0.05, 0) is 68.0 Å². The Kier molecular flexibility index (Phi) is 5.56. The Bertz CT molecular complexity index is 1010. The molecule has 8 heteroatoms. The van der Waals surface area contributed by atoms with Crippen LogP contribution in [0.15, 0.2) is 48.5 Å². The Labute approximate surface area is 162 Å². The lowest BCUT2D eigenvalue weighted by Crippen LogP contribution is -2.14. The Morgan fingerprint density at radius 1 is 1.26 bits per heavy atom. The number of carbonyl (C=O) groups is 1. The molecular weight excluding hydrogens is 362 g/mol.